The van der Waals surface area contributed by atoms with Gasteiger partial charge in [0.25, 0.3) is 0 Å². The van der Waals surface area contributed by atoms with Crippen LogP contribution >= 0.6 is 23.0 Å². The van der Waals surface area contributed by atoms with E-state index in [9.17, 15) is 0 Å². The molecule has 0 saturated carbocycles. The van der Waals surface area contributed by atoms with E-state index in [-0.39, 0.29) is 0 Å². The van der Waals surface area contributed by atoms with E-state index < -0.39 is 0 Å². The van der Waals surface area contributed by atoms with Crippen LogP contribution < -0.4 is 0 Å². The molecule has 0 fully saturated rings. The van der Waals surface area contributed by atoms with Crippen molar-refractivity contribution in [1.82, 2.24) is 0 Å². The first kappa shape index (κ1) is 5.87. The minimum Gasteiger partial charge on any atom is -0.415 e. The third kappa shape index (κ3) is 3.87. The van der Waals surface area contributed by atoms with Crippen molar-refractivity contribution < 1.29 is 3.07 Å². The Morgan fingerprint density at radius 3 is 2.67 bits per heavy atom. The highest BCUT2D eigenvalue weighted by molar-refractivity contribution is 14.1. The fourth-order valence-electron chi connectivity index (χ4n) is 0.0534. The monoisotopic (exact) mass is 198 g/mol. The Bertz CT molecular complexity index is 62.6. The largest absolute Gasteiger partial charge is 0.415 e. The topological polar surface area (TPSA) is 45.4 Å². The van der Waals surface area contributed by atoms with E-state index in [0.717, 1.165) is 6.34 Å². The van der Waals surface area contributed by atoms with Crippen LogP contribution in [0.1, 0.15) is 0 Å². The molecule has 0 unspecified atom stereocenters. The standard InChI is InChI=1S/C2H3IN2O/c3-6-2-5-1-4/h1-2,4H. The zero-order valence-electron chi connectivity index (χ0n) is 2.89. The van der Waals surface area contributed by atoms with E-state index in [2.05, 4.69) is 8.06 Å². The zero-order chi connectivity index (χ0) is 4.83. The van der Waals surface area contributed by atoms with E-state index >= 15 is 0 Å². The Labute approximate surface area is 49.6 Å². The molecule has 0 amide bonds. The molecule has 0 aliphatic rings. The quantitative estimate of drug-likeness (QED) is 0.401. The van der Waals surface area contributed by atoms with Gasteiger partial charge < -0.3 is 3.07 Å². The lowest BCUT2D eigenvalue weighted by atomic mass is 11.3. The molecule has 0 spiro atoms. The van der Waals surface area contributed by atoms with Gasteiger partial charge in [0.2, 0.25) is 0 Å². The summed E-state index contributed by atoms with van der Waals surface area (Å²) >= 11 is 1.66. The zero-order valence-corrected chi connectivity index (χ0v) is 5.05. The van der Waals surface area contributed by atoms with Gasteiger partial charge in [-0.2, -0.15) is 0 Å². The lowest BCUT2D eigenvalue weighted by Crippen LogP contribution is -1.66. The summed E-state index contributed by atoms with van der Waals surface area (Å²) in [5, 5.41) is 6.30. The number of nitrogens with zero attached hydrogens (tertiary/aromatic N) is 1. The summed E-state index contributed by atoms with van der Waals surface area (Å²) in [7, 11) is 0. The highest BCUT2D eigenvalue weighted by Crippen LogP contribution is 1.75. The molecular formula is C2H3IN2O. The van der Waals surface area contributed by atoms with Crippen LogP contribution in [0, 0.1) is 5.41 Å². The van der Waals surface area contributed by atoms with Crippen LogP contribution in [0.4, 0.5) is 0 Å². The number of hydrogen-bond acceptors (Lipinski definition) is 2. The Balaban J connectivity index is 2.94. The molecule has 0 bridgehead atoms. The van der Waals surface area contributed by atoms with Crippen molar-refractivity contribution in [2.75, 3.05) is 0 Å². The van der Waals surface area contributed by atoms with E-state index in [4.69, 9.17) is 5.41 Å². The molecule has 4 heteroatoms. The molecule has 1 N–H and O–H groups in total. The first-order valence-electron chi connectivity index (χ1n) is 1.20. The average molecular weight is 198 g/mol. The number of halogens is 1. The highest BCUT2D eigenvalue weighted by Gasteiger charge is 1.55. The minimum absolute atomic E-state index is 0.901. The van der Waals surface area contributed by atoms with Crippen LogP contribution in [0.15, 0.2) is 4.99 Å². The summed E-state index contributed by atoms with van der Waals surface area (Å²) in [6.45, 7) is 0. The molecule has 34 valence electrons. The van der Waals surface area contributed by atoms with Crippen LogP contribution in [0.5, 0.6) is 0 Å². The second kappa shape index (κ2) is 4.87. The second-order valence-corrected chi connectivity index (χ2v) is 0.981. The van der Waals surface area contributed by atoms with Crippen molar-refractivity contribution in [3.63, 3.8) is 0 Å². The van der Waals surface area contributed by atoms with Gasteiger partial charge in [-0.25, -0.2) is 4.99 Å². The molecule has 0 aliphatic heterocycles. The van der Waals surface area contributed by atoms with Gasteiger partial charge in [0.15, 0.2) is 29.4 Å². The van der Waals surface area contributed by atoms with Gasteiger partial charge in [0.1, 0.15) is 6.34 Å². The molecule has 0 aromatic heterocycles. The van der Waals surface area contributed by atoms with Crippen molar-refractivity contribution >= 4 is 35.7 Å². The second-order valence-electron chi connectivity index (χ2n) is 0.473. The Kier molecular flexibility index (Phi) is 4.76. The minimum atomic E-state index is 0.901. The van der Waals surface area contributed by atoms with E-state index in [1.807, 2.05) is 0 Å². The SMILES string of the molecule is N=CN=COI. The van der Waals surface area contributed by atoms with Crippen LogP contribution in [0.3, 0.4) is 0 Å². The first-order valence-corrected chi connectivity index (χ1v) is 2.08. The maximum Gasteiger partial charge on any atom is 0.193 e. The van der Waals surface area contributed by atoms with Gasteiger partial charge in [-0.1, -0.05) is 0 Å². The molecule has 0 aromatic rings. The summed E-state index contributed by atoms with van der Waals surface area (Å²) in [4.78, 5) is 3.28. The summed E-state index contributed by atoms with van der Waals surface area (Å²) < 4.78 is 4.31. The third-order valence-corrected chi connectivity index (χ3v) is 0.403. The smallest absolute Gasteiger partial charge is 0.193 e. The lowest BCUT2D eigenvalue weighted by molar-refractivity contribution is 0.753. The van der Waals surface area contributed by atoms with Crippen molar-refractivity contribution in [3.8, 4) is 0 Å². The summed E-state index contributed by atoms with van der Waals surface area (Å²) in [5.74, 6) is 0. The van der Waals surface area contributed by atoms with Crippen LogP contribution in [-0.2, 0) is 3.07 Å². The van der Waals surface area contributed by atoms with E-state index in [1.54, 1.807) is 23.0 Å². The maximum atomic E-state index is 6.30. The van der Waals surface area contributed by atoms with Crippen molar-refractivity contribution in [3.05, 3.63) is 0 Å². The molecule has 0 heterocycles. The van der Waals surface area contributed by atoms with Crippen molar-refractivity contribution in [2.24, 2.45) is 4.99 Å². The average Bonchev–Trinajstić information content (AvgIpc) is 1.61. The molecule has 6 heavy (non-hydrogen) atoms. The maximum absolute atomic E-state index is 6.30. The van der Waals surface area contributed by atoms with Crippen LogP contribution in [-0.4, -0.2) is 12.7 Å². The molecule has 0 radical (unpaired) electrons. The Morgan fingerprint density at radius 2 is 2.50 bits per heavy atom. The molecule has 3 nitrogen and oxygen atoms in total. The first-order chi connectivity index (χ1) is 2.91. The van der Waals surface area contributed by atoms with Gasteiger partial charge >= 0.3 is 0 Å². The number of hydrogen-bond donors (Lipinski definition) is 1. The Hall–Kier alpha value is -0.130. The van der Waals surface area contributed by atoms with E-state index in [0.29, 0.717) is 0 Å². The molecule has 0 aliphatic carbocycles. The van der Waals surface area contributed by atoms with E-state index in [1.165, 1.54) is 6.40 Å². The molecule has 0 atom stereocenters. The molecule has 0 aromatic carbocycles. The summed E-state index contributed by atoms with van der Waals surface area (Å²) in [5.41, 5.74) is 0. The summed E-state index contributed by atoms with van der Waals surface area (Å²) in [6.07, 6.45) is 2.08. The van der Waals surface area contributed by atoms with Gasteiger partial charge in [0, 0.05) is 0 Å². The molecule has 0 rings (SSSR count). The lowest BCUT2D eigenvalue weighted by Gasteiger charge is -1.71. The van der Waals surface area contributed by atoms with Crippen molar-refractivity contribution in [2.45, 2.75) is 0 Å². The van der Waals surface area contributed by atoms with Crippen LogP contribution in [0.2, 0.25) is 0 Å². The van der Waals surface area contributed by atoms with Gasteiger partial charge in [-0.15, -0.1) is 0 Å². The highest BCUT2D eigenvalue weighted by atomic mass is 127. The predicted molar refractivity (Wildman–Crippen MR) is 32.4 cm³/mol. The molecule has 0 saturated heterocycles. The van der Waals surface area contributed by atoms with Gasteiger partial charge in [0.05, 0.1) is 0 Å². The number of rotatable bonds is 2. The number of aliphatic imine (C=N–C) groups is 1. The van der Waals surface area contributed by atoms with Gasteiger partial charge in [-0.05, 0) is 0 Å². The van der Waals surface area contributed by atoms with Crippen LogP contribution in [0.25, 0.3) is 0 Å². The van der Waals surface area contributed by atoms with Gasteiger partial charge in [-0.3, -0.25) is 5.41 Å². The number of nitrogens with one attached hydrogen (secondary N) is 1. The normalized spacial score (nSPS) is 8.83. The molecular weight excluding hydrogens is 195 g/mol. The predicted octanol–water partition coefficient (Wildman–Crippen LogP) is 0.988. The van der Waals surface area contributed by atoms with Crippen molar-refractivity contribution in [1.29, 1.82) is 5.41 Å². The third-order valence-electron chi connectivity index (χ3n) is 0.175. The summed E-state index contributed by atoms with van der Waals surface area (Å²) in [6, 6.07) is 0. The fourth-order valence-corrected chi connectivity index (χ4v) is 0.185. The Morgan fingerprint density at radius 1 is 1.83 bits per heavy atom. The fraction of sp³-hybridized carbons (Fsp3) is 0.